The molecule has 11 nitrogen and oxygen atoms in total. The summed E-state index contributed by atoms with van der Waals surface area (Å²) >= 11 is 3.13. The van der Waals surface area contributed by atoms with Crippen LogP contribution in [-0.4, -0.2) is 113 Å². The average Bonchev–Trinajstić information content (AvgIpc) is 3.26. The number of para-hydroxylation sites is 2. The van der Waals surface area contributed by atoms with Gasteiger partial charge in [0.05, 0.1) is 22.3 Å². The van der Waals surface area contributed by atoms with Crippen LogP contribution in [0.5, 0.6) is 0 Å². The van der Waals surface area contributed by atoms with Crippen LogP contribution in [0.4, 0.5) is 23.7 Å². The first-order chi connectivity index (χ1) is 23.4. The largest absolute Gasteiger partial charge is 0.436 e. The van der Waals surface area contributed by atoms with Crippen molar-refractivity contribution in [2.45, 2.75) is 62.9 Å². The summed E-state index contributed by atoms with van der Waals surface area (Å²) < 4.78 is 49.1. The second-order valence-corrected chi connectivity index (χ2v) is 14.3. The zero-order chi connectivity index (χ0) is 34.9. The molecule has 266 valence electrons. The van der Waals surface area contributed by atoms with Gasteiger partial charge in [-0.05, 0) is 98.0 Å². The third kappa shape index (κ3) is 7.93. The Morgan fingerprint density at radius 1 is 0.959 bits per heavy atom. The first-order valence-corrected chi connectivity index (χ1v) is 17.7. The lowest BCUT2D eigenvalue weighted by Crippen LogP contribution is -2.51. The third-order valence-electron chi connectivity index (χ3n) is 10.2. The summed E-state index contributed by atoms with van der Waals surface area (Å²) in [5.74, 6) is -0.427. The predicted octanol–water partition coefficient (Wildman–Crippen LogP) is 4.71. The van der Waals surface area contributed by atoms with E-state index in [4.69, 9.17) is 10.5 Å². The van der Waals surface area contributed by atoms with E-state index in [0.717, 1.165) is 62.5 Å². The number of piperidine rings is 2. The Balaban J connectivity index is 1.16. The van der Waals surface area contributed by atoms with Gasteiger partial charge in [0.15, 0.2) is 6.10 Å². The molecule has 0 radical (unpaired) electrons. The highest BCUT2D eigenvalue weighted by Crippen LogP contribution is 2.38. The predicted molar refractivity (Wildman–Crippen MR) is 183 cm³/mol. The van der Waals surface area contributed by atoms with Crippen LogP contribution in [0.25, 0.3) is 11.0 Å². The maximum Gasteiger partial charge on any atom is 0.418 e. The Labute approximate surface area is 291 Å². The van der Waals surface area contributed by atoms with Crippen molar-refractivity contribution >= 4 is 44.7 Å². The Hall–Kier alpha value is -3.56. The zero-order valence-electron chi connectivity index (χ0n) is 27.6. The summed E-state index contributed by atoms with van der Waals surface area (Å²) in [6.07, 6.45) is -3.39. The minimum Gasteiger partial charge on any atom is -0.436 e. The zero-order valence-corrected chi connectivity index (χ0v) is 29.1. The van der Waals surface area contributed by atoms with Crippen molar-refractivity contribution < 1.29 is 27.5 Å². The number of carbonyl (C=O) groups excluding carboxylic acids is 2. The minimum atomic E-state index is -4.71. The second-order valence-electron chi connectivity index (χ2n) is 13.4. The third-order valence-corrected chi connectivity index (χ3v) is 10.8. The molecule has 3 aliphatic rings. The molecule has 2 aromatic carbocycles. The highest BCUT2D eigenvalue weighted by Gasteiger charge is 2.37. The fourth-order valence-electron chi connectivity index (χ4n) is 7.45. The number of nitrogens with zero attached hydrogens (tertiary/aromatic N) is 5. The molecule has 0 saturated carbocycles. The molecule has 15 heteroatoms. The molecule has 4 heterocycles. The monoisotopic (exact) mass is 749 g/mol. The standard InChI is InChI=1S/C34H43BrF3N7O4/c1-41-11-4-12-42(18-17-41)23-7-13-43(14-8-23)31(46)29(21-22-19-25(34(36,37)38)30(39)26(35)20-22)49-33(48)44-15-9-24(10-16-44)45-28-6-3-2-5-27(28)40-32(45)47/h2-3,5-6,19-20,23-24,29H,4,7-18,21,39H2,1H3,(H,40,47)/t29-/m1/s1. The molecule has 49 heavy (non-hydrogen) atoms. The minimum absolute atomic E-state index is 0.0494. The summed E-state index contributed by atoms with van der Waals surface area (Å²) in [5, 5.41) is 0. The van der Waals surface area contributed by atoms with Gasteiger partial charge >= 0.3 is 18.0 Å². The lowest BCUT2D eigenvalue weighted by atomic mass is 9.99. The van der Waals surface area contributed by atoms with Crippen molar-refractivity contribution in [1.82, 2.24) is 29.2 Å². The van der Waals surface area contributed by atoms with E-state index in [1.807, 2.05) is 24.3 Å². The first kappa shape index (κ1) is 35.3. The van der Waals surface area contributed by atoms with Gasteiger partial charge in [-0.25, -0.2) is 9.59 Å². The molecule has 3 aliphatic heterocycles. The fourth-order valence-corrected chi connectivity index (χ4v) is 7.95. The number of fused-ring (bicyclic) bond motifs is 1. The molecule has 3 saturated heterocycles. The smallest absolute Gasteiger partial charge is 0.418 e. The van der Waals surface area contributed by atoms with Crippen molar-refractivity contribution in [3.05, 3.63) is 62.5 Å². The maximum atomic E-state index is 14.0. The normalized spacial score (nSPS) is 20.0. The number of nitrogens with two attached hydrogens (primary N) is 1. The molecule has 0 unspecified atom stereocenters. The van der Waals surface area contributed by atoms with Crippen LogP contribution in [0.15, 0.2) is 45.7 Å². The van der Waals surface area contributed by atoms with Gasteiger partial charge in [-0.3, -0.25) is 14.3 Å². The van der Waals surface area contributed by atoms with E-state index in [1.54, 1.807) is 9.47 Å². The number of likely N-dealkylation sites (N-methyl/N-ethyl adjacent to an activating group) is 1. The van der Waals surface area contributed by atoms with Crippen LogP contribution >= 0.6 is 15.9 Å². The van der Waals surface area contributed by atoms with Crippen LogP contribution < -0.4 is 11.4 Å². The molecule has 1 aromatic heterocycles. The fraction of sp³-hybridized carbons (Fsp3) is 0.559. The van der Waals surface area contributed by atoms with Gasteiger partial charge in [0.2, 0.25) is 0 Å². The number of anilines is 1. The maximum absolute atomic E-state index is 14.0. The van der Waals surface area contributed by atoms with Gasteiger partial charge in [-0.2, -0.15) is 13.2 Å². The summed E-state index contributed by atoms with van der Waals surface area (Å²) in [4.78, 5) is 51.2. The van der Waals surface area contributed by atoms with Gasteiger partial charge in [0.25, 0.3) is 5.91 Å². The van der Waals surface area contributed by atoms with Crippen molar-refractivity contribution in [3.8, 4) is 0 Å². The van der Waals surface area contributed by atoms with Gasteiger partial charge < -0.3 is 30.2 Å². The number of nitrogens with one attached hydrogen (secondary N) is 1. The molecular weight excluding hydrogens is 707 g/mol. The molecule has 0 aliphatic carbocycles. The molecule has 3 N–H and O–H groups in total. The first-order valence-electron chi connectivity index (χ1n) is 16.9. The van der Waals surface area contributed by atoms with Gasteiger partial charge in [-0.15, -0.1) is 0 Å². The number of alkyl halides is 3. The van der Waals surface area contributed by atoms with Crippen LogP contribution in [0.3, 0.4) is 0 Å². The van der Waals surface area contributed by atoms with E-state index in [0.29, 0.717) is 45.1 Å². The highest BCUT2D eigenvalue weighted by molar-refractivity contribution is 9.10. The quantitative estimate of drug-likeness (QED) is 0.351. The van der Waals surface area contributed by atoms with E-state index >= 15 is 0 Å². The molecule has 3 aromatic rings. The van der Waals surface area contributed by atoms with Crippen molar-refractivity contribution in [1.29, 1.82) is 0 Å². The highest BCUT2D eigenvalue weighted by atomic mass is 79.9. The van der Waals surface area contributed by atoms with E-state index in [1.165, 1.54) is 11.0 Å². The molecule has 2 amide bonds. The van der Waals surface area contributed by atoms with Gasteiger partial charge in [0, 0.05) is 62.2 Å². The number of hydrogen-bond acceptors (Lipinski definition) is 7. The van der Waals surface area contributed by atoms with Crippen LogP contribution in [0.1, 0.15) is 49.3 Å². The van der Waals surface area contributed by atoms with Crippen LogP contribution in [0.2, 0.25) is 0 Å². The van der Waals surface area contributed by atoms with Crippen LogP contribution in [-0.2, 0) is 22.1 Å². The Kier molecular flexibility index (Phi) is 10.6. The van der Waals surface area contributed by atoms with Crippen LogP contribution in [0, 0.1) is 0 Å². The lowest BCUT2D eigenvalue weighted by Gasteiger charge is -2.39. The Morgan fingerprint density at radius 3 is 2.35 bits per heavy atom. The molecule has 0 bridgehead atoms. The van der Waals surface area contributed by atoms with Gasteiger partial charge in [-0.1, -0.05) is 12.1 Å². The van der Waals surface area contributed by atoms with Crippen molar-refractivity contribution in [2.24, 2.45) is 0 Å². The Bertz CT molecular complexity index is 1710. The summed E-state index contributed by atoms with van der Waals surface area (Å²) in [5.41, 5.74) is 5.75. The number of aromatic nitrogens is 2. The Morgan fingerprint density at radius 2 is 1.63 bits per heavy atom. The van der Waals surface area contributed by atoms with E-state index < -0.39 is 35.5 Å². The number of imidazole rings is 1. The molecule has 1 atom stereocenters. The number of benzene rings is 2. The number of carbonyl (C=O) groups is 2. The molecule has 0 spiro atoms. The number of rotatable bonds is 6. The summed E-state index contributed by atoms with van der Waals surface area (Å²) in [6, 6.07) is 9.98. The number of hydrogen-bond donors (Lipinski definition) is 2. The molecule has 3 fully saturated rings. The number of H-pyrrole nitrogens is 1. The van der Waals surface area contributed by atoms with E-state index in [-0.39, 0.29) is 28.2 Å². The summed E-state index contributed by atoms with van der Waals surface area (Å²) in [7, 11) is 2.12. The van der Waals surface area contributed by atoms with Crippen molar-refractivity contribution in [2.75, 3.05) is 65.1 Å². The lowest BCUT2D eigenvalue weighted by molar-refractivity contribution is -0.142. The van der Waals surface area contributed by atoms with Crippen molar-refractivity contribution in [3.63, 3.8) is 0 Å². The number of halogens is 4. The SMILES string of the molecule is CN1CCCN(C2CCN(C(=O)[C@@H](Cc3cc(Br)c(N)c(C(F)(F)F)c3)OC(=O)N3CCC(n4c(=O)[nH]c5ccccc54)CC3)CC2)CC1. The van der Waals surface area contributed by atoms with E-state index in [9.17, 15) is 27.6 Å². The number of amides is 2. The topological polar surface area (TPSA) is 120 Å². The van der Waals surface area contributed by atoms with E-state index in [2.05, 4.69) is 37.8 Å². The molecular formula is C34H43BrF3N7O4. The number of ether oxygens (including phenoxy) is 1. The number of likely N-dealkylation sites (tertiary alicyclic amines) is 2. The summed E-state index contributed by atoms with van der Waals surface area (Å²) in [6.45, 7) is 5.52. The number of nitrogen functional groups attached to an aromatic ring is 1. The average molecular weight is 751 g/mol. The molecule has 6 rings (SSSR count). The number of aromatic amines is 1. The van der Waals surface area contributed by atoms with Gasteiger partial charge in [0.1, 0.15) is 0 Å². The second kappa shape index (κ2) is 14.7.